The SMILES string of the molecule is CCN(CC)C(=O)Cn1c(CCNC(=O)CCc2ccccc2)nc2ccccc21. The Balaban J connectivity index is 1.62. The third-order valence-corrected chi connectivity index (χ3v) is 5.30. The third kappa shape index (κ3) is 5.47. The van der Waals surface area contributed by atoms with E-state index >= 15 is 0 Å². The Labute approximate surface area is 177 Å². The van der Waals surface area contributed by atoms with Crippen LogP contribution in [0.3, 0.4) is 0 Å². The molecule has 3 aromatic rings. The third-order valence-electron chi connectivity index (χ3n) is 5.30. The smallest absolute Gasteiger partial charge is 0.242 e. The van der Waals surface area contributed by atoms with Crippen molar-refractivity contribution < 1.29 is 9.59 Å². The zero-order valence-corrected chi connectivity index (χ0v) is 17.8. The van der Waals surface area contributed by atoms with E-state index in [1.165, 1.54) is 0 Å². The van der Waals surface area contributed by atoms with Crippen molar-refractivity contribution in [2.24, 2.45) is 0 Å². The lowest BCUT2D eigenvalue weighted by Gasteiger charge is -2.20. The van der Waals surface area contributed by atoms with Crippen molar-refractivity contribution in [3.63, 3.8) is 0 Å². The topological polar surface area (TPSA) is 67.2 Å². The normalized spacial score (nSPS) is 10.9. The van der Waals surface area contributed by atoms with E-state index in [0.29, 0.717) is 32.5 Å². The maximum absolute atomic E-state index is 12.7. The molecule has 2 amide bonds. The number of carbonyl (C=O) groups excluding carboxylic acids is 2. The molecular formula is C24H30N4O2. The number of hydrogen-bond acceptors (Lipinski definition) is 3. The number of fused-ring (bicyclic) bond motifs is 1. The lowest BCUT2D eigenvalue weighted by molar-refractivity contribution is -0.131. The summed E-state index contributed by atoms with van der Waals surface area (Å²) < 4.78 is 1.98. The van der Waals surface area contributed by atoms with E-state index in [4.69, 9.17) is 4.98 Å². The molecule has 0 aliphatic rings. The first-order valence-electron chi connectivity index (χ1n) is 10.6. The summed E-state index contributed by atoms with van der Waals surface area (Å²) in [6.45, 7) is 6.11. The van der Waals surface area contributed by atoms with Crippen molar-refractivity contribution >= 4 is 22.8 Å². The van der Waals surface area contributed by atoms with Gasteiger partial charge in [0.2, 0.25) is 11.8 Å². The van der Waals surface area contributed by atoms with Gasteiger partial charge in [0.1, 0.15) is 12.4 Å². The van der Waals surface area contributed by atoms with E-state index < -0.39 is 0 Å². The predicted molar refractivity (Wildman–Crippen MR) is 119 cm³/mol. The number of rotatable bonds is 10. The maximum Gasteiger partial charge on any atom is 0.242 e. The molecule has 6 nitrogen and oxygen atoms in total. The summed E-state index contributed by atoms with van der Waals surface area (Å²) in [7, 11) is 0. The highest BCUT2D eigenvalue weighted by Crippen LogP contribution is 2.17. The number of imidazole rings is 1. The molecule has 158 valence electrons. The predicted octanol–water partition coefficient (Wildman–Crippen LogP) is 3.20. The van der Waals surface area contributed by atoms with Crippen LogP contribution in [0.5, 0.6) is 0 Å². The van der Waals surface area contributed by atoms with Crippen LogP contribution in [0.2, 0.25) is 0 Å². The molecule has 0 aliphatic heterocycles. The fourth-order valence-electron chi connectivity index (χ4n) is 3.61. The summed E-state index contributed by atoms with van der Waals surface area (Å²) in [6.07, 6.45) is 1.77. The minimum absolute atomic E-state index is 0.0285. The van der Waals surface area contributed by atoms with Gasteiger partial charge in [-0.25, -0.2) is 4.98 Å². The van der Waals surface area contributed by atoms with Crippen LogP contribution in [-0.2, 0) is 29.0 Å². The molecule has 0 unspecified atom stereocenters. The van der Waals surface area contributed by atoms with Gasteiger partial charge in [0.25, 0.3) is 0 Å². The van der Waals surface area contributed by atoms with Crippen molar-refractivity contribution in [3.8, 4) is 0 Å². The van der Waals surface area contributed by atoms with Crippen molar-refractivity contribution in [3.05, 3.63) is 66.0 Å². The van der Waals surface area contributed by atoms with Crippen molar-refractivity contribution in [2.75, 3.05) is 19.6 Å². The Bertz CT molecular complexity index is 977. The second-order valence-electron chi connectivity index (χ2n) is 7.25. The minimum Gasteiger partial charge on any atom is -0.356 e. The van der Waals surface area contributed by atoms with E-state index in [1.54, 1.807) is 0 Å². The van der Waals surface area contributed by atoms with Crippen molar-refractivity contribution in [2.45, 2.75) is 39.7 Å². The molecule has 30 heavy (non-hydrogen) atoms. The van der Waals surface area contributed by atoms with Gasteiger partial charge in [0.15, 0.2) is 0 Å². The summed E-state index contributed by atoms with van der Waals surface area (Å²) in [5, 5.41) is 2.98. The number of benzene rings is 2. The van der Waals surface area contributed by atoms with E-state index in [-0.39, 0.29) is 18.4 Å². The Morgan fingerprint density at radius 2 is 1.67 bits per heavy atom. The molecule has 0 atom stereocenters. The number of aromatic nitrogens is 2. The van der Waals surface area contributed by atoms with Gasteiger partial charge in [-0.15, -0.1) is 0 Å². The highest BCUT2D eigenvalue weighted by molar-refractivity contribution is 5.81. The second kappa shape index (κ2) is 10.6. The average molecular weight is 407 g/mol. The van der Waals surface area contributed by atoms with Crippen LogP contribution >= 0.6 is 0 Å². The van der Waals surface area contributed by atoms with Gasteiger partial charge in [0, 0.05) is 32.5 Å². The Kier molecular flexibility index (Phi) is 7.60. The molecule has 6 heteroatoms. The summed E-state index contributed by atoms with van der Waals surface area (Å²) in [6, 6.07) is 17.8. The first kappa shape index (κ1) is 21.6. The standard InChI is InChI=1S/C24H30N4O2/c1-3-27(4-2)24(30)18-28-21-13-9-8-12-20(21)26-22(28)16-17-25-23(29)15-14-19-10-6-5-7-11-19/h5-13H,3-4,14-18H2,1-2H3,(H,25,29). The van der Waals surface area contributed by atoms with E-state index in [1.807, 2.05) is 77.9 Å². The number of para-hydroxylation sites is 2. The fourth-order valence-corrected chi connectivity index (χ4v) is 3.61. The Morgan fingerprint density at radius 3 is 2.40 bits per heavy atom. The maximum atomic E-state index is 12.7. The van der Waals surface area contributed by atoms with E-state index in [2.05, 4.69) is 5.32 Å². The van der Waals surface area contributed by atoms with Gasteiger partial charge >= 0.3 is 0 Å². The molecule has 2 aromatic carbocycles. The number of carbonyl (C=O) groups is 2. The zero-order valence-electron chi connectivity index (χ0n) is 17.8. The van der Waals surface area contributed by atoms with Gasteiger partial charge in [-0.2, -0.15) is 0 Å². The quantitative estimate of drug-likeness (QED) is 0.562. The Hall–Kier alpha value is -3.15. The lowest BCUT2D eigenvalue weighted by Crippen LogP contribution is -2.34. The van der Waals surface area contributed by atoms with Crippen molar-refractivity contribution in [1.82, 2.24) is 19.8 Å². The van der Waals surface area contributed by atoms with Crippen LogP contribution < -0.4 is 5.32 Å². The molecule has 1 aromatic heterocycles. The van der Waals surface area contributed by atoms with Crippen LogP contribution in [0.15, 0.2) is 54.6 Å². The number of amides is 2. The van der Waals surface area contributed by atoms with Gasteiger partial charge < -0.3 is 14.8 Å². The molecule has 0 spiro atoms. The van der Waals surface area contributed by atoms with Gasteiger partial charge in [0.05, 0.1) is 11.0 Å². The molecule has 1 N–H and O–H groups in total. The highest BCUT2D eigenvalue weighted by Gasteiger charge is 2.16. The lowest BCUT2D eigenvalue weighted by atomic mass is 10.1. The van der Waals surface area contributed by atoms with Crippen LogP contribution in [0.25, 0.3) is 11.0 Å². The number of likely N-dealkylation sites (N-methyl/N-ethyl adjacent to an activating group) is 1. The number of hydrogen-bond donors (Lipinski definition) is 1. The Morgan fingerprint density at radius 1 is 0.967 bits per heavy atom. The minimum atomic E-state index is 0.0285. The van der Waals surface area contributed by atoms with Gasteiger partial charge in [-0.05, 0) is 38.0 Å². The second-order valence-corrected chi connectivity index (χ2v) is 7.25. The monoisotopic (exact) mass is 406 g/mol. The summed E-state index contributed by atoms with van der Waals surface area (Å²) in [5.41, 5.74) is 2.98. The number of aryl methyl sites for hydroxylation is 1. The van der Waals surface area contributed by atoms with Crippen LogP contribution in [0.4, 0.5) is 0 Å². The first-order valence-corrected chi connectivity index (χ1v) is 10.6. The molecule has 0 fully saturated rings. The van der Waals surface area contributed by atoms with E-state index in [9.17, 15) is 9.59 Å². The fraction of sp³-hybridized carbons (Fsp3) is 0.375. The molecule has 0 aliphatic carbocycles. The highest BCUT2D eigenvalue weighted by atomic mass is 16.2. The summed E-state index contributed by atoms with van der Waals surface area (Å²) in [4.78, 5) is 31.4. The zero-order chi connectivity index (χ0) is 21.3. The number of nitrogens with one attached hydrogen (secondary N) is 1. The molecule has 3 rings (SSSR count). The van der Waals surface area contributed by atoms with Gasteiger partial charge in [-0.3, -0.25) is 9.59 Å². The molecule has 0 radical (unpaired) electrons. The molecular weight excluding hydrogens is 376 g/mol. The molecule has 0 saturated heterocycles. The molecule has 1 heterocycles. The first-order chi connectivity index (χ1) is 14.6. The van der Waals surface area contributed by atoms with Gasteiger partial charge in [-0.1, -0.05) is 42.5 Å². The molecule has 0 saturated carbocycles. The summed E-state index contributed by atoms with van der Waals surface area (Å²) >= 11 is 0. The molecule has 0 bridgehead atoms. The van der Waals surface area contributed by atoms with Crippen LogP contribution in [0.1, 0.15) is 31.7 Å². The largest absolute Gasteiger partial charge is 0.356 e. The van der Waals surface area contributed by atoms with E-state index in [0.717, 1.165) is 28.8 Å². The summed E-state index contributed by atoms with van der Waals surface area (Å²) in [5.74, 6) is 0.928. The van der Waals surface area contributed by atoms with Crippen molar-refractivity contribution in [1.29, 1.82) is 0 Å². The average Bonchev–Trinajstić information content (AvgIpc) is 3.11. The van der Waals surface area contributed by atoms with Crippen LogP contribution in [-0.4, -0.2) is 45.9 Å². The number of nitrogens with zero attached hydrogens (tertiary/aromatic N) is 3. The van der Waals surface area contributed by atoms with Crippen LogP contribution in [0, 0.1) is 0 Å².